The number of benzene rings is 2. The molecule has 0 radical (unpaired) electrons. The number of phenolic OH excluding ortho intramolecular Hbond substituents is 4. The van der Waals surface area contributed by atoms with Crippen molar-refractivity contribution in [2.24, 2.45) is 0 Å². The van der Waals surface area contributed by atoms with Gasteiger partial charge in [-0.1, -0.05) is 0 Å². The zero-order chi connectivity index (χ0) is 26.6. The van der Waals surface area contributed by atoms with E-state index < -0.39 is 40.5 Å². The van der Waals surface area contributed by atoms with Crippen molar-refractivity contribution in [1.82, 2.24) is 0 Å². The highest BCUT2D eigenvalue weighted by Gasteiger charge is 2.46. The van der Waals surface area contributed by atoms with Crippen LogP contribution in [0.2, 0.25) is 0 Å². The molecule has 9 N–H and O–H groups in total. The Morgan fingerprint density at radius 1 is 0.611 bits per heavy atom. The van der Waals surface area contributed by atoms with E-state index in [9.17, 15) is 50.8 Å². The van der Waals surface area contributed by atoms with Crippen molar-refractivity contribution in [2.75, 3.05) is 62.4 Å². The normalized spacial score (nSPS) is 15.2. The van der Waals surface area contributed by atoms with Crippen molar-refractivity contribution in [1.29, 1.82) is 0 Å². The molecular formula is C24H30N2O10. The van der Waals surface area contributed by atoms with Crippen LogP contribution >= 0.6 is 0 Å². The van der Waals surface area contributed by atoms with Crippen LogP contribution in [0.25, 0.3) is 5.57 Å². The van der Waals surface area contributed by atoms with Gasteiger partial charge in [0.05, 0.1) is 43.1 Å². The first-order valence-corrected chi connectivity index (χ1v) is 11.2. The van der Waals surface area contributed by atoms with Gasteiger partial charge in [0.2, 0.25) is 0 Å². The molecule has 0 amide bonds. The molecule has 12 nitrogen and oxygen atoms in total. The van der Waals surface area contributed by atoms with E-state index >= 15 is 0 Å². The number of Topliss-reactive ketones (excluding diaryl/α,β-unsaturated/α-hetero) is 1. The van der Waals surface area contributed by atoms with Crippen LogP contribution in [0.5, 0.6) is 23.0 Å². The molecule has 0 aliphatic heterocycles. The van der Waals surface area contributed by atoms with Crippen LogP contribution in [0.1, 0.15) is 17.0 Å². The first-order chi connectivity index (χ1) is 17.2. The molecule has 0 bridgehead atoms. The van der Waals surface area contributed by atoms with Crippen molar-refractivity contribution >= 4 is 22.7 Å². The average Bonchev–Trinajstić information content (AvgIpc) is 2.82. The number of hydrogen-bond acceptors (Lipinski definition) is 12. The number of carbonyl (C=O) groups is 1. The number of aromatic hydroxyl groups is 4. The summed E-state index contributed by atoms with van der Waals surface area (Å²) < 4.78 is 0. The Balaban J connectivity index is 1.99. The van der Waals surface area contributed by atoms with E-state index in [0.29, 0.717) is 0 Å². The molecule has 0 spiro atoms. The number of anilines is 2. The molecule has 2 aromatic carbocycles. The summed E-state index contributed by atoms with van der Waals surface area (Å²) in [5, 5.41) is 89.7. The molecule has 3 rings (SSSR count). The van der Waals surface area contributed by atoms with Crippen molar-refractivity contribution in [3.05, 3.63) is 41.2 Å². The second-order valence-electron chi connectivity index (χ2n) is 8.18. The van der Waals surface area contributed by atoms with Gasteiger partial charge in [-0.15, -0.1) is 0 Å². The van der Waals surface area contributed by atoms with Crippen molar-refractivity contribution < 1.29 is 50.8 Å². The van der Waals surface area contributed by atoms with Gasteiger partial charge in [0.15, 0.2) is 5.78 Å². The van der Waals surface area contributed by atoms with Crippen LogP contribution in [-0.4, -0.2) is 104 Å². The minimum atomic E-state index is -1.45. The van der Waals surface area contributed by atoms with Gasteiger partial charge < -0.3 is 55.8 Å². The summed E-state index contributed by atoms with van der Waals surface area (Å²) in [6.45, 7) is -0.565. The van der Waals surface area contributed by atoms with Gasteiger partial charge in [-0.3, -0.25) is 4.79 Å². The lowest BCUT2D eigenvalue weighted by Crippen LogP contribution is -2.31. The van der Waals surface area contributed by atoms with E-state index in [1.807, 2.05) is 0 Å². The Bertz CT molecular complexity index is 1090. The molecule has 1 aliphatic carbocycles. The van der Waals surface area contributed by atoms with E-state index in [1.165, 1.54) is 34.1 Å². The third-order valence-corrected chi connectivity index (χ3v) is 5.99. The van der Waals surface area contributed by atoms with Crippen LogP contribution in [-0.2, 0) is 4.79 Å². The smallest absolute Gasteiger partial charge is 0.182 e. The Morgan fingerprint density at radius 2 is 0.972 bits per heavy atom. The zero-order valence-electron chi connectivity index (χ0n) is 19.4. The second kappa shape index (κ2) is 11.4. The number of hydrogen-bond donors (Lipinski definition) is 9. The predicted octanol–water partition coefficient (Wildman–Crippen LogP) is -0.273. The highest BCUT2D eigenvalue weighted by molar-refractivity contribution is 6.33. The van der Waals surface area contributed by atoms with E-state index in [-0.39, 0.29) is 80.7 Å². The molecule has 12 heteroatoms. The Hall–Kier alpha value is -3.71. The van der Waals surface area contributed by atoms with Crippen LogP contribution < -0.4 is 9.80 Å². The maximum absolute atomic E-state index is 13.0. The highest BCUT2D eigenvalue weighted by Crippen LogP contribution is 2.52. The lowest BCUT2D eigenvalue weighted by molar-refractivity contribution is -0.116. The third kappa shape index (κ3) is 4.97. The summed E-state index contributed by atoms with van der Waals surface area (Å²) in [7, 11) is 0. The molecule has 2 aromatic rings. The van der Waals surface area contributed by atoms with E-state index in [4.69, 9.17) is 0 Å². The Morgan fingerprint density at radius 3 is 1.31 bits per heavy atom. The minimum absolute atomic E-state index is 0.107. The molecule has 36 heavy (non-hydrogen) atoms. The van der Waals surface area contributed by atoms with Gasteiger partial charge in [-0.25, -0.2) is 0 Å². The molecule has 1 aliphatic rings. The van der Waals surface area contributed by atoms with Crippen molar-refractivity contribution in [3.8, 4) is 23.0 Å². The quantitative estimate of drug-likeness (QED) is 0.182. The van der Waals surface area contributed by atoms with Crippen LogP contribution in [0.15, 0.2) is 30.0 Å². The van der Waals surface area contributed by atoms with Crippen LogP contribution in [0, 0.1) is 0 Å². The molecule has 196 valence electrons. The van der Waals surface area contributed by atoms with Gasteiger partial charge >= 0.3 is 0 Å². The van der Waals surface area contributed by atoms with Crippen molar-refractivity contribution in [2.45, 2.75) is 5.92 Å². The van der Waals surface area contributed by atoms with E-state index in [2.05, 4.69) is 0 Å². The fourth-order valence-electron chi connectivity index (χ4n) is 4.33. The SMILES string of the molecule is O=C1C(c2c(O)cc(N(CCO)CCO)cc2O)=C(O)C1c1c(O)cc(N(CCO)CCO)cc1O. The van der Waals surface area contributed by atoms with Gasteiger partial charge in [0, 0.05) is 61.8 Å². The number of ketones is 1. The van der Waals surface area contributed by atoms with Gasteiger partial charge in [0.1, 0.15) is 34.7 Å². The number of nitrogens with zero attached hydrogens (tertiary/aromatic N) is 2. The summed E-state index contributed by atoms with van der Waals surface area (Å²) in [5.74, 6) is -4.89. The van der Waals surface area contributed by atoms with E-state index in [0.717, 1.165) is 0 Å². The fraction of sp³-hybridized carbons (Fsp3) is 0.375. The van der Waals surface area contributed by atoms with Gasteiger partial charge in [-0.2, -0.15) is 0 Å². The predicted molar refractivity (Wildman–Crippen MR) is 130 cm³/mol. The van der Waals surface area contributed by atoms with Gasteiger partial charge in [0.25, 0.3) is 0 Å². The largest absolute Gasteiger partial charge is 0.510 e. The standard InChI is InChI=1S/C24H30N2O10/c27-5-1-25(2-6-28)13-9-15(31)19(16(32)10-13)21-23(35)22(24(21)36)20-17(33)11-14(12-18(20)34)26(3-7-29)4-8-30/h9-12,21,27-35H,1-8H2. The number of phenols is 4. The Labute approximate surface area is 206 Å². The molecule has 0 heterocycles. The monoisotopic (exact) mass is 506 g/mol. The number of allylic oxidation sites excluding steroid dienone is 2. The summed E-state index contributed by atoms with van der Waals surface area (Å²) in [4.78, 5) is 16.0. The summed E-state index contributed by atoms with van der Waals surface area (Å²) in [5.41, 5.74) is -0.457. The lowest BCUT2D eigenvalue weighted by Gasteiger charge is -2.31. The van der Waals surface area contributed by atoms with E-state index in [1.54, 1.807) is 0 Å². The first kappa shape index (κ1) is 26.9. The topological polar surface area (TPSA) is 206 Å². The summed E-state index contributed by atoms with van der Waals surface area (Å²) in [6.07, 6.45) is 0. The zero-order valence-corrected chi connectivity index (χ0v) is 19.4. The van der Waals surface area contributed by atoms with Crippen LogP contribution in [0.3, 0.4) is 0 Å². The number of rotatable bonds is 12. The molecule has 1 unspecified atom stereocenters. The molecule has 1 atom stereocenters. The first-order valence-electron chi connectivity index (χ1n) is 11.2. The van der Waals surface area contributed by atoms with Crippen molar-refractivity contribution in [3.63, 3.8) is 0 Å². The number of carbonyl (C=O) groups excluding carboxylic acids is 1. The Kier molecular flexibility index (Phi) is 8.48. The summed E-state index contributed by atoms with van der Waals surface area (Å²) in [6, 6.07) is 4.86. The third-order valence-electron chi connectivity index (χ3n) is 5.99. The molecule has 0 fully saturated rings. The second-order valence-corrected chi connectivity index (χ2v) is 8.18. The lowest BCUT2D eigenvalue weighted by atomic mass is 9.74. The number of aliphatic hydroxyl groups excluding tert-OH is 5. The average molecular weight is 507 g/mol. The molecule has 0 saturated carbocycles. The fourth-order valence-corrected chi connectivity index (χ4v) is 4.33. The molecule has 0 saturated heterocycles. The minimum Gasteiger partial charge on any atom is -0.510 e. The highest BCUT2D eigenvalue weighted by atomic mass is 16.3. The molecule has 0 aromatic heterocycles. The van der Waals surface area contributed by atoms with Crippen LogP contribution in [0.4, 0.5) is 11.4 Å². The number of aliphatic hydroxyl groups is 5. The summed E-state index contributed by atoms with van der Waals surface area (Å²) >= 11 is 0. The maximum Gasteiger partial charge on any atom is 0.182 e. The van der Waals surface area contributed by atoms with Gasteiger partial charge in [-0.05, 0) is 0 Å². The maximum atomic E-state index is 13.0. The molecular weight excluding hydrogens is 476 g/mol.